The number of aliphatic imine (C=N–C) groups is 1. The van der Waals surface area contributed by atoms with Crippen molar-refractivity contribution in [1.29, 1.82) is 0 Å². The van der Waals surface area contributed by atoms with Crippen LogP contribution in [0.3, 0.4) is 0 Å². The molecular formula is C24H36IN5O. The van der Waals surface area contributed by atoms with Crippen LogP contribution in [-0.4, -0.2) is 42.8 Å². The lowest BCUT2D eigenvalue weighted by Gasteiger charge is -2.36. The van der Waals surface area contributed by atoms with E-state index in [2.05, 4.69) is 84.6 Å². The van der Waals surface area contributed by atoms with Crippen LogP contribution < -0.4 is 15.5 Å². The molecular weight excluding hydrogens is 501 g/mol. The first kappa shape index (κ1) is 25.4. The summed E-state index contributed by atoms with van der Waals surface area (Å²) >= 11 is 0. The van der Waals surface area contributed by atoms with Crippen molar-refractivity contribution < 1.29 is 4.74 Å². The average molecular weight is 537 g/mol. The summed E-state index contributed by atoms with van der Waals surface area (Å²) in [6.07, 6.45) is 3.42. The van der Waals surface area contributed by atoms with E-state index >= 15 is 0 Å². The first-order valence-corrected chi connectivity index (χ1v) is 11.0. The third-order valence-electron chi connectivity index (χ3n) is 5.26. The predicted molar refractivity (Wildman–Crippen MR) is 139 cm³/mol. The summed E-state index contributed by atoms with van der Waals surface area (Å²) in [5.74, 6) is 1.83. The second-order valence-electron chi connectivity index (χ2n) is 7.86. The number of anilines is 1. The predicted octanol–water partition coefficient (Wildman–Crippen LogP) is 4.13. The number of pyridine rings is 1. The van der Waals surface area contributed by atoms with Crippen molar-refractivity contribution in [2.45, 2.75) is 59.4 Å². The second kappa shape index (κ2) is 12.9. The van der Waals surface area contributed by atoms with Gasteiger partial charge in [-0.2, -0.15) is 0 Å². The van der Waals surface area contributed by atoms with Crippen molar-refractivity contribution in [1.82, 2.24) is 15.6 Å². The van der Waals surface area contributed by atoms with Gasteiger partial charge in [0.05, 0.1) is 18.8 Å². The van der Waals surface area contributed by atoms with E-state index in [0.29, 0.717) is 6.54 Å². The van der Waals surface area contributed by atoms with Gasteiger partial charge >= 0.3 is 0 Å². The van der Waals surface area contributed by atoms with Crippen LogP contribution in [0.5, 0.6) is 0 Å². The number of halogens is 1. The van der Waals surface area contributed by atoms with Crippen molar-refractivity contribution in [3.63, 3.8) is 0 Å². The smallest absolute Gasteiger partial charge is 0.191 e. The zero-order valence-corrected chi connectivity index (χ0v) is 21.4. The molecule has 170 valence electrons. The van der Waals surface area contributed by atoms with Crippen LogP contribution in [-0.2, 0) is 24.2 Å². The van der Waals surface area contributed by atoms with Gasteiger partial charge in [0.15, 0.2) is 5.96 Å². The summed E-state index contributed by atoms with van der Waals surface area (Å²) in [6, 6.07) is 12.7. The highest BCUT2D eigenvalue weighted by molar-refractivity contribution is 14.0. The van der Waals surface area contributed by atoms with Gasteiger partial charge in [0.2, 0.25) is 0 Å². The van der Waals surface area contributed by atoms with Crippen molar-refractivity contribution in [3.8, 4) is 0 Å². The Bertz CT molecular complexity index is 817. The Morgan fingerprint density at radius 3 is 2.39 bits per heavy atom. The van der Waals surface area contributed by atoms with Gasteiger partial charge in [-0.15, -0.1) is 24.0 Å². The van der Waals surface area contributed by atoms with E-state index in [0.717, 1.165) is 49.9 Å². The molecule has 1 aliphatic rings. The van der Waals surface area contributed by atoms with Gasteiger partial charge in [-0.05, 0) is 49.9 Å². The van der Waals surface area contributed by atoms with Gasteiger partial charge < -0.3 is 20.3 Å². The number of guanidine groups is 1. The molecule has 2 unspecified atom stereocenters. The molecule has 0 aliphatic carbocycles. The minimum atomic E-state index is 0. The van der Waals surface area contributed by atoms with E-state index in [9.17, 15) is 0 Å². The lowest BCUT2D eigenvalue weighted by atomic mass is 10.1. The number of hydrogen-bond acceptors (Lipinski definition) is 4. The zero-order valence-electron chi connectivity index (χ0n) is 19.1. The number of aryl methyl sites for hydroxylation is 1. The van der Waals surface area contributed by atoms with E-state index in [1.54, 1.807) is 0 Å². The van der Waals surface area contributed by atoms with Gasteiger partial charge in [-0.25, -0.2) is 9.98 Å². The highest BCUT2D eigenvalue weighted by Gasteiger charge is 2.22. The van der Waals surface area contributed by atoms with E-state index in [4.69, 9.17) is 9.73 Å². The van der Waals surface area contributed by atoms with Crippen LogP contribution >= 0.6 is 24.0 Å². The molecule has 0 radical (unpaired) electrons. The number of ether oxygens (including phenoxy) is 1. The average Bonchev–Trinajstić information content (AvgIpc) is 2.75. The summed E-state index contributed by atoms with van der Waals surface area (Å²) in [5, 5.41) is 6.78. The Morgan fingerprint density at radius 2 is 1.77 bits per heavy atom. The molecule has 0 bridgehead atoms. The van der Waals surface area contributed by atoms with E-state index in [-0.39, 0.29) is 36.2 Å². The van der Waals surface area contributed by atoms with E-state index in [1.165, 1.54) is 11.1 Å². The molecule has 1 aromatic heterocycles. The highest BCUT2D eigenvalue weighted by atomic mass is 127. The lowest BCUT2D eigenvalue weighted by Crippen LogP contribution is -2.45. The molecule has 31 heavy (non-hydrogen) atoms. The van der Waals surface area contributed by atoms with Gasteiger partial charge in [-0.3, -0.25) is 0 Å². The van der Waals surface area contributed by atoms with Crippen molar-refractivity contribution in [2.75, 3.05) is 24.5 Å². The van der Waals surface area contributed by atoms with Crippen molar-refractivity contribution in [3.05, 3.63) is 59.3 Å². The molecule has 0 amide bonds. The Kier molecular flexibility index (Phi) is 10.5. The molecule has 6 nitrogen and oxygen atoms in total. The highest BCUT2D eigenvalue weighted by Crippen LogP contribution is 2.18. The maximum absolute atomic E-state index is 5.82. The minimum Gasteiger partial charge on any atom is -0.372 e. The first-order valence-electron chi connectivity index (χ1n) is 11.0. The SMILES string of the molecule is CCNC(=NCc1ccc(N2CC(C)OC(C)C2)nc1)NCc1ccccc1CC.I. The molecule has 2 aromatic rings. The third kappa shape index (κ3) is 7.64. The minimum absolute atomic E-state index is 0. The topological polar surface area (TPSA) is 61.8 Å². The first-order chi connectivity index (χ1) is 14.6. The number of nitrogens with one attached hydrogen (secondary N) is 2. The molecule has 0 spiro atoms. The van der Waals surface area contributed by atoms with E-state index in [1.807, 2.05) is 6.20 Å². The summed E-state index contributed by atoms with van der Waals surface area (Å²) in [6.45, 7) is 12.4. The van der Waals surface area contributed by atoms with Crippen molar-refractivity contribution in [2.24, 2.45) is 4.99 Å². The number of aromatic nitrogens is 1. The van der Waals surface area contributed by atoms with Crippen LogP contribution in [0.25, 0.3) is 0 Å². The number of morpholine rings is 1. The Morgan fingerprint density at radius 1 is 1.06 bits per heavy atom. The molecule has 1 aromatic carbocycles. The Hall–Kier alpha value is -1.87. The molecule has 2 atom stereocenters. The van der Waals surface area contributed by atoms with Gasteiger partial charge in [0, 0.05) is 32.4 Å². The summed E-state index contributed by atoms with van der Waals surface area (Å²) in [7, 11) is 0. The van der Waals surface area contributed by atoms with Gasteiger partial charge in [0.25, 0.3) is 0 Å². The van der Waals surface area contributed by atoms with Gasteiger partial charge in [0.1, 0.15) is 5.82 Å². The molecule has 1 fully saturated rings. The Labute approximate surface area is 203 Å². The zero-order chi connectivity index (χ0) is 21.3. The number of rotatable bonds is 7. The van der Waals surface area contributed by atoms with E-state index < -0.39 is 0 Å². The fraction of sp³-hybridized carbons (Fsp3) is 0.500. The number of hydrogen-bond donors (Lipinski definition) is 2. The number of nitrogens with zero attached hydrogens (tertiary/aromatic N) is 3. The molecule has 3 rings (SSSR count). The van der Waals surface area contributed by atoms with Crippen LogP contribution in [0.4, 0.5) is 5.82 Å². The third-order valence-corrected chi connectivity index (χ3v) is 5.26. The maximum atomic E-state index is 5.82. The molecule has 0 saturated carbocycles. The molecule has 2 heterocycles. The van der Waals surface area contributed by atoms with Gasteiger partial charge in [-0.1, -0.05) is 37.3 Å². The maximum Gasteiger partial charge on any atom is 0.191 e. The summed E-state index contributed by atoms with van der Waals surface area (Å²) in [4.78, 5) is 11.7. The Balaban J connectivity index is 0.00000341. The number of benzene rings is 1. The fourth-order valence-electron chi connectivity index (χ4n) is 3.83. The monoisotopic (exact) mass is 537 g/mol. The molecule has 2 N–H and O–H groups in total. The van der Waals surface area contributed by atoms with Crippen LogP contribution in [0.1, 0.15) is 44.4 Å². The summed E-state index contributed by atoms with van der Waals surface area (Å²) in [5.41, 5.74) is 3.78. The lowest BCUT2D eigenvalue weighted by molar-refractivity contribution is -0.00545. The van der Waals surface area contributed by atoms with Crippen LogP contribution in [0.2, 0.25) is 0 Å². The molecule has 1 saturated heterocycles. The van der Waals surface area contributed by atoms with Crippen molar-refractivity contribution >= 4 is 35.8 Å². The van der Waals surface area contributed by atoms with Crippen LogP contribution in [0, 0.1) is 0 Å². The standard InChI is InChI=1S/C24H35N5O.HI/c1-5-21-9-7-8-10-22(21)15-28-24(25-6-2)27-14-20-11-12-23(26-13-20)29-16-18(3)30-19(4)17-29;/h7-13,18-19H,5-6,14-17H2,1-4H3,(H2,25,27,28);1H. The summed E-state index contributed by atoms with van der Waals surface area (Å²) < 4.78 is 5.82. The second-order valence-corrected chi connectivity index (χ2v) is 7.86. The quantitative estimate of drug-likeness (QED) is 0.316. The normalized spacial score (nSPS) is 19.0. The largest absolute Gasteiger partial charge is 0.372 e. The molecule has 7 heteroatoms. The molecule has 1 aliphatic heterocycles. The fourth-order valence-corrected chi connectivity index (χ4v) is 3.83. The van der Waals surface area contributed by atoms with Crippen LogP contribution in [0.15, 0.2) is 47.6 Å².